The standard InChI is InChI=1S/C25H25N5O4/c1-17-14-20(18(2)27-34-15-19-8-5-4-6-9-19)12-13-23(17)33-16-21-22(10-7-11-24(21)32-3)30-25(31)26-28-29-30/h4-14H,15-16H2,1-3H3,(H,26,29,31). The second-order valence-corrected chi connectivity index (χ2v) is 7.58. The number of ether oxygens (including phenoxy) is 2. The van der Waals surface area contributed by atoms with E-state index >= 15 is 0 Å². The first kappa shape index (κ1) is 22.8. The number of aromatic amines is 1. The van der Waals surface area contributed by atoms with Gasteiger partial charge in [0.25, 0.3) is 0 Å². The zero-order valence-electron chi connectivity index (χ0n) is 19.2. The van der Waals surface area contributed by atoms with Gasteiger partial charge in [0.05, 0.1) is 24.1 Å². The van der Waals surface area contributed by atoms with E-state index in [0.717, 1.165) is 22.4 Å². The third-order valence-electron chi connectivity index (χ3n) is 5.27. The number of hydrogen-bond acceptors (Lipinski definition) is 7. The summed E-state index contributed by atoms with van der Waals surface area (Å²) >= 11 is 0. The smallest absolute Gasteiger partial charge is 0.365 e. The maximum atomic E-state index is 12.0. The Bertz CT molecular complexity index is 1340. The molecule has 0 aliphatic carbocycles. The summed E-state index contributed by atoms with van der Waals surface area (Å²) in [7, 11) is 1.57. The van der Waals surface area contributed by atoms with Crippen LogP contribution in [0.25, 0.3) is 5.69 Å². The Balaban J connectivity index is 1.48. The minimum Gasteiger partial charge on any atom is -0.496 e. The number of nitrogens with one attached hydrogen (secondary N) is 1. The number of benzene rings is 3. The third-order valence-corrected chi connectivity index (χ3v) is 5.27. The molecule has 1 aromatic heterocycles. The molecule has 0 spiro atoms. The summed E-state index contributed by atoms with van der Waals surface area (Å²) in [4.78, 5) is 17.5. The maximum Gasteiger partial charge on any atom is 0.365 e. The van der Waals surface area contributed by atoms with Crippen LogP contribution in [0, 0.1) is 6.92 Å². The second kappa shape index (κ2) is 10.5. The molecule has 0 bridgehead atoms. The van der Waals surface area contributed by atoms with Crippen molar-refractivity contribution < 1.29 is 14.3 Å². The molecule has 0 atom stereocenters. The van der Waals surface area contributed by atoms with Crippen LogP contribution in [0.15, 0.2) is 76.7 Å². The van der Waals surface area contributed by atoms with Crippen LogP contribution < -0.4 is 15.2 Å². The number of tetrazole rings is 1. The predicted molar refractivity (Wildman–Crippen MR) is 127 cm³/mol. The van der Waals surface area contributed by atoms with Gasteiger partial charge in [0.2, 0.25) is 0 Å². The van der Waals surface area contributed by atoms with Crippen LogP contribution in [-0.2, 0) is 18.1 Å². The molecule has 1 N–H and O–H groups in total. The molecule has 9 heteroatoms. The number of aryl methyl sites for hydroxylation is 1. The molecule has 4 rings (SSSR count). The van der Waals surface area contributed by atoms with Crippen molar-refractivity contribution in [3.05, 3.63) is 99.5 Å². The van der Waals surface area contributed by atoms with Crippen LogP contribution in [0.4, 0.5) is 0 Å². The van der Waals surface area contributed by atoms with Crippen LogP contribution in [0.2, 0.25) is 0 Å². The van der Waals surface area contributed by atoms with Crippen molar-refractivity contribution in [2.24, 2.45) is 5.16 Å². The lowest BCUT2D eigenvalue weighted by atomic mass is 10.1. The van der Waals surface area contributed by atoms with Crippen molar-refractivity contribution >= 4 is 5.71 Å². The quantitative estimate of drug-likeness (QED) is 0.302. The van der Waals surface area contributed by atoms with Gasteiger partial charge in [-0.05, 0) is 71.3 Å². The van der Waals surface area contributed by atoms with Gasteiger partial charge in [-0.3, -0.25) is 0 Å². The minimum atomic E-state index is -0.445. The van der Waals surface area contributed by atoms with Crippen molar-refractivity contribution in [1.82, 2.24) is 20.2 Å². The third kappa shape index (κ3) is 5.15. The summed E-state index contributed by atoms with van der Waals surface area (Å²) in [6.07, 6.45) is 0. The van der Waals surface area contributed by atoms with Gasteiger partial charge in [-0.25, -0.2) is 9.89 Å². The van der Waals surface area contributed by atoms with Crippen molar-refractivity contribution in [2.45, 2.75) is 27.1 Å². The minimum absolute atomic E-state index is 0.173. The monoisotopic (exact) mass is 459 g/mol. The first-order valence-electron chi connectivity index (χ1n) is 10.7. The number of rotatable bonds is 9. The molecule has 0 aliphatic rings. The van der Waals surface area contributed by atoms with E-state index in [2.05, 4.69) is 20.7 Å². The Kier molecular flexibility index (Phi) is 7.02. The molecule has 0 unspecified atom stereocenters. The van der Waals surface area contributed by atoms with Gasteiger partial charge in [0.1, 0.15) is 24.7 Å². The van der Waals surface area contributed by atoms with Crippen LogP contribution >= 0.6 is 0 Å². The van der Waals surface area contributed by atoms with Crippen molar-refractivity contribution in [3.8, 4) is 17.2 Å². The molecular formula is C25H25N5O4. The van der Waals surface area contributed by atoms with Gasteiger partial charge in [-0.15, -0.1) is 0 Å². The zero-order chi connectivity index (χ0) is 23.9. The number of H-pyrrole nitrogens is 1. The summed E-state index contributed by atoms with van der Waals surface area (Å²) in [5, 5.41) is 13.9. The number of nitrogens with zero attached hydrogens (tertiary/aromatic N) is 4. The maximum absolute atomic E-state index is 12.0. The lowest BCUT2D eigenvalue weighted by Crippen LogP contribution is -2.18. The second-order valence-electron chi connectivity index (χ2n) is 7.58. The van der Waals surface area contributed by atoms with Gasteiger partial charge in [-0.2, -0.15) is 4.68 Å². The van der Waals surface area contributed by atoms with E-state index in [-0.39, 0.29) is 6.61 Å². The van der Waals surface area contributed by atoms with E-state index in [0.29, 0.717) is 29.4 Å². The molecule has 0 saturated heterocycles. The molecule has 0 saturated carbocycles. The van der Waals surface area contributed by atoms with Gasteiger partial charge < -0.3 is 14.3 Å². The summed E-state index contributed by atoms with van der Waals surface area (Å²) in [5.41, 5.74) is 4.46. The van der Waals surface area contributed by atoms with Gasteiger partial charge in [-0.1, -0.05) is 41.6 Å². The Hall–Kier alpha value is -4.40. The molecule has 9 nitrogen and oxygen atoms in total. The van der Waals surface area contributed by atoms with E-state index < -0.39 is 5.69 Å². The fourth-order valence-electron chi connectivity index (χ4n) is 3.46. The fourth-order valence-corrected chi connectivity index (χ4v) is 3.46. The highest BCUT2D eigenvalue weighted by Crippen LogP contribution is 2.27. The fraction of sp³-hybridized carbons (Fsp3) is 0.200. The van der Waals surface area contributed by atoms with Crippen LogP contribution in [0.5, 0.6) is 11.5 Å². The van der Waals surface area contributed by atoms with E-state index in [1.54, 1.807) is 25.3 Å². The van der Waals surface area contributed by atoms with Gasteiger partial charge >= 0.3 is 5.69 Å². The molecular weight excluding hydrogens is 434 g/mol. The molecule has 4 aromatic rings. The largest absolute Gasteiger partial charge is 0.496 e. The van der Waals surface area contributed by atoms with Gasteiger partial charge in [0.15, 0.2) is 0 Å². The molecule has 0 aliphatic heterocycles. The predicted octanol–water partition coefficient (Wildman–Crippen LogP) is 3.79. The van der Waals surface area contributed by atoms with E-state index in [1.165, 1.54) is 4.68 Å². The topological polar surface area (TPSA) is 104 Å². The highest BCUT2D eigenvalue weighted by atomic mass is 16.6. The molecule has 34 heavy (non-hydrogen) atoms. The zero-order valence-corrected chi connectivity index (χ0v) is 19.2. The molecule has 3 aromatic carbocycles. The van der Waals surface area contributed by atoms with Gasteiger partial charge in [0, 0.05) is 0 Å². The van der Waals surface area contributed by atoms with Crippen LogP contribution in [0.1, 0.15) is 29.2 Å². The first-order chi connectivity index (χ1) is 16.6. The Morgan fingerprint density at radius 3 is 2.56 bits per heavy atom. The molecule has 0 radical (unpaired) electrons. The lowest BCUT2D eigenvalue weighted by Gasteiger charge is -2.15. The van der Waals surface area contributed by atoms with Crippen molar-refractivity contribution in [1.29, 1.82) is 0 Å². The summed E-state index contributed by atoms with van der Waals surface area (Å²) in [6.45, 7) is 4.44. The SMILES string of the molecule is COc1cccc(-n2nn[nH]c2=O)c1COc1ccc(C(C)=NOCc2ccccc2)cc1C. The summed E-state index contributed by atoms with van der Waals surface area (Å²) < 4.78 is 12.7. The molecule has 0 fully saturated rings. The Labute approximate surface area is 196 Å². The van der Waals surface area contributed by atoms with Crippen molar-refractivity contribution in [2.75, 3.05) is 7.11 Å². The normalized spacial score (nSPS) is 11.3. The number of hydrogen-bond donors (Lipinski definition) is 1. The first-order valence-corrected chi connectivity index (χ1v) is 10.7. The molecule has 0 amide bonds. The highest BCUT2D eigenvalue weighted by molar-refractivity contribution is 5.98. The van der Waals surface area contributed by atoms with E-state index in [1.807, 2.05) is 62.4 Å². The van der Waals surface area contributed by atoms with Crippen LogP contribution in [-0.4, -0.2) is 33.0 Å². The average molecular weight is 460 g/mol. The highest BCUT2D eigenvalue weighted by Gasteiger charge is 2.15. The molecule has 174 valence electrons. The average Bonchev–Trinajstić information content (AvgIpc) is 3.29. The van der Waals surface area contributed by atoms with Crippen LogP contribution in [0.3, 0.4) is 0 Å². The van der Waals surface area contributed by atoms with Crippen molar-refractivity contribution in [3.63, 3.8) is 0 Å². The van der Waals surface area contributed by atoms with E-state index in [9.17, 15) is 4.79 Å². The number of methoxy groups -OCH3 is 1. The number of oxime groups is 1. The Morgan fingerprint density at radius 1 is 1.03 bits per heavy atom. The lowest BCUT2D eigenvalue weighted by molar-refractivity contribution is 0.130. The van der Waals surface area contributed by atoms with E-state index in [4.69, 9.17) is 14.3 Å². The summed E-state index contributed by atoms with van der Waals surface area (Å²) in [6, 6.07) is 21.0. The Morgan fingerprint density at radius 2 is 1.85 bits per heavy atom. The summed E-state index contributed by atoms with van der Waals surface area (Å²) in [5.74, 6) is 1.28. The molecule has 1 heterocycles. The number of aromatic nitrogens is 4.